The smallest absolute Gasteiger partial charge is 0.123 e. The molecule has 3 N–H and O–H groups in total. The molecule has 0 spiro atoms. The number of benzene rings is 2. The maximum Gasteiger partial charge on any atom is 0.123 e. The molecule has 1 atom stereocenters. The molecule has 0 saturated carbocycles. The highest BCUT2D eigenvalue weighted by Crippen LogP contribution is 2.31. The molecule has 0 fully saturated rings. The Kier molecular flexibility index (Phi) is 6.33. The van der Waals surface area contributed by atoms with E-state index in [0.717, 1.165) is 30.5 Å². The molecule has 28 heavy (non-hydrogen) atoms. The zero-order chi connectivity index (χ0) is 20.3. The average molecular weight is 389 g/mol. The first kappa shape index (κ1) is 20.7. The van der Waals surface area contributed by atoms with Crippen LogP contribution in [0.2, 0.25) is 0 Å². The molecule has 1 unspecified atom stereocenters. The number of hydrogen-bond acceptors (Lipinski definition) is 3. The number of nitrogens with zero attached hydrogens (tertiary/aromatic N) is 1. The molecule has 0 aliphatic heterocycles. The summed E-state index contributed by atoms with van der Waals surface area (Å²) in [4.78, 5) is 0. The highest BCUT2D eigenvalue weighted by Gasteiger charge is 2.23. The van der Waals surface area contributed by atoms with Crippen LogP contribution in [0, 0.1) is 11.6 Å². The Hall–Kier alpha value is -2.02. The largest absolute Gasteiger partial charge is 0.387 e. The van der Waals surface area contributed by atoms with Crippen molar-refractivity contribution in [1.29, 1.82) is 0 Å². The first-order chi connectivity index (χ1) is 13.3. The highest BCUT2D eigenvalue weighted by atomic mass is 19.1. The van der Waals surface area contributed by atoms with Crippen molar-refractivity contribution in [3.05, 3.63) is 48.0 Å². The Morgan fingerprint density at radius 1 is 1.00 bits per heavy atom. The molecule has 6 heteroatoms. The number of aromatic nitrogens is 1. The van der Waals surface area contributed by atoms with E-state index in [1.807, 2.05) is 4.57 Å². The van der Waals surface area contributed by atoms with Gasteiger partial charge in [-0.2, -0.15) is 0 Å². The van der Waals surface area contributed by atoms with Crippen LogP contribution >= 0.6 is 0 Å². The zero-order valence-corrected chi connectivity index (χ0v) is 16.7. The summed E-state index contributed by atoms with van der Waals surface area (Å²) in [6, 6.07) is 9.46. The second-order valence-corrected chi connectivity index (χ2v) is 8.05. The normalized spacial score (nSPS) is 14.2. The monoisotopic (exact) mass is 389 g/mol. The molecule has 0 saturated heterocycles. The second kappa shape index (κ2) is 8.55. The molecule has 0 aliphatic carbocycles. The summed E-state index contributed by atoms with van der Waals surface area (Å²) in [7, 11) is 0. The summed E-state index contributed by atoms with van der Waals surface area (Å²) in [6.45, 7) is 8.48. The van der Waals surface area contributed by atoms with Crippen molar-refractivity contribution < 1.29 is 13.9 Å². The molecule has 3 rings (SSSR count). The van der Waals surface area contributed by atoms with Crippen molar-refractivity contribution in [3.63, 3.8) is 0 Å². The van der Waals surface area contributed by atoms with Gasteiger partial charge in [-0.25, -0.2) is 8.78 Å². The van der Waals surface area contributed by atoms with Gasteiger partial charge in [0.25, 0.3) is 0 Å². The van der Waals surface area contributed by atoms with Crippen molar-refractivity contribution in [2.45, 2.75) is 45.4 Å². The van der Waals surface area contributed by atoms with Gasteiger partial charge < -0.3 is 20.3 Å². The van der Waals surface area contributed by atoms with Gasteiger partial charge in [-0.1, -0.05) is 13.8 Å². The van der Waals surface area contributed by atoms with Crippen LogP contribution in [-0.2, 0) is 6.54 Å². The van der Waals surface area contributed by atoms with Crippen LogP contribution in [0.1, 0.15) is 27.2 Å². The van der Waals surface area contributed by atoms with E-state index in [4.69, 9.17) is 0 Å². The van der Waals surface area contributed by atoms with Gasteiger partial charge in [0.1, 0.15) is 11.6 Å². The Bertz CT molecular complexity index is 891. The molecule has 0 bridgehead atoms. The van der Waals surface area contributed by atoms with Crippen LogP contribution < -0.4 is 10.6 Å². The van der Waals surface area contributed by atoms with E-state index >= 15 is 0 Å². The molecule has 1 heterocycles. The molecule has 4 nitrogen and oxygen atoms in total. The highest BCUT2D eigenvalue weighted by molar-refractivity contribution is 6.08. The third kappa shape index (κ3) is 4.87. The molecular weight excluding hydrogens is 360 g/mol. The summed E-state index contributed by atoms with van der Waals surface area (Å²) in [6.07, 6.45) is 0.974. The van der Waals surface area contributed by atoms with Crippen LogP contribution in [-0.4, -0.2) is 41.0 Å². The van der Waals surface area contributed by atoms with Crippen LogP contribution in [0.3, 0.4) is 0 Å². The van der Waals surface area contributed by atoms with Gasteiger partial charge in [-0.3, -0.25) is 0 Å². The number of nitrogens with one attached hydrogen (secondary N) is 2. The fourth-order valence-electron chi connectivity index (χ4n) is 3.58. The lowest BCUT2D eigenvalue weighted by molar-refractivity contribution is 0.0443. The van der Waals surface area contributed by atoms with E-state index in [9.17, 15) is 13.9 Å². The summed E-state index contributed by atoms with van der Waals surface area (Å²) in [5.74, 6) is -0.724. The quantitative estimate of drug-likeness (QED) is 0.488. The average Bonchev–Trinajstić information content (AvgIpc) is 2.90. The summed E-state index contributed by atoms with van der Waals surface area (Å²) in [5.41, 5.74) is 0.555. The lowest BCUT2D eigenvalue weighted by atomic mass is 10.1. The van der Waals surface area contributed by atoms with Gasteiger partial charge in [-0.15, -0.1) is 0 Å². The summed E-state index contributed by atoms with van der Waals surface area (Å²) < 4.78 is 29.5. The minimum absolute atomic E-state index is 0.321. The molecule has 3 aromatic rings. The number of rotatable bonds is 9. The van der Waals surface area contributed by atoms with E-state index < -0.39 is 5.60 Å². The Balaban J connectivity index is 1.77. The van der Waals surface area contributed by atoms with Gasteiger partial charge in [0.05, 0.1) is 12.1 Å². The summed E-state index contributed by atoms with van der Waals surface area (Å²) >= 11 is 0. The lowest BCUT2D eigenvalue weighted by Crippen LogP contribution is -2.42. The second-order valence-electron chi connectivity index (χ2n) is 8.05. The first-order valence-corrected chi connectivity index (χ1v) is 9.80. The molecule has 1 aromatic heterocycles. The topological polar surface area (TPSA) is 49.2 Å². The predicted molar refractivity (Wildman–Crippen MR) is 111 cm³/mol. The summed E-state index contributed by atoms with van der Waals surface area (Å²) in [5, 5.41) is 18.9. The van der Waals surface area contributed by atoms with Crippen molar-refractivity contribution in [2.24, 2.45) is 0 Å². The maximum atomic E-state index is 13.8. The molecule has 0 radical (unpaired) electrons. The van der Waals surface area contributed by atoms with Gasteiger partial charge in [0.2, 0.25) is 0 Å². The third-order valence-electron chi connectivity index (χ3n) is 4.88. The predicted octanol–water partition coefficient (Wildman–Crippen LogP) is 3.80. The van der Waals surface area contributed by atoms with Gasteiger partial charge in [0, 0.05) is 34.4 Å². The fraction of sp³-hybridized carbons (Fsp3) is 0.455. The number of aliphatic hydroxyl groups is 1. The van der Waals surface area contributed by atoms with Gasteiger partial charge in [0.15, 0.2) is 0 Å². The molecule has 152 valence electrons. The number of halogens is 2. The Labute approximate surface area is 164 Å². The Morgan fingerprint density at radius 3 is 2.11 bits per heavy atom. The number of fused-ring (bicyclic) bond motifs is 3. The van der Waals surface area contributed by atoms with Crippen LogP contribution in [0.4, 0.5) is 8.78 Å². The minimum atomic E-state index is -1.01. The van der Waals surface area contributed by atoms with E-state index in [1.54, 1.807) is 19.1 Å². The van der Waals surface area contributed by atoms with E-state index in [2.05, 4.69) is 24.5 Å². The van der Waals surface area contributed by atoms with Gasteiger partial charge in [-0.05, 0) is 62.8 Å². The van der Waals surface area contributed by atoms with Crippen molar-refractivity contribution in [3.8, 4) is 0 Å². The van der Waals surface area contributed by atoms with Crippen LogP contribution in [0.5, 0.6) is 0 Å². The van der Waals surface area contributed by atoms with Crippen molar-refractivity contribution in [2.75, 3.05) is 19.6 Å². The van der Waals surface area contributed by atoms with Gasteiger partial charge >= 0.3 is 0 Å². The SMILES string of the molecule is CC(C)NCCCNCC(C)(O)Cn1c2ccc(F)cc2c2cc(F)ccc21. The zero-order valence-electron chi connectivity index (χ0n) is 16.7. The number of hydrogen-bond donors (Lipinski definition) is 3. The van der Waals surface area contributed by atoms with Crippen LogP contribution in [0.25, 0.3) is 21.8 Å². The minimum Gasteiger partial charge on any atom is -0.387 e. The molecule has 0 aliphatic rings. The van der Waals surface area contributed by atoms with Crippen molar-refractivity contribution >= 4 is 21.8 Å². The van der Waals surface area contributed by atoms with Crippen LogP contribution in [0.15, 0.2) is 36.4 Å². The Morgan fingerprint density at radius 2 is 1.57 bits per heavy atom. The van der Waals surface area contributed by atoms with E-state index in [0.29, 0.717) is 29.9 Å². The van der Waals surface area contributed by atoms with E-state index in [-0.39, 0.29) is 11.6 Å². The van der Waals surface area contributed by atoms with E-state index in [1.165, 1.54) is 24.3 Å². The first-order valence-electron chi connectivity index (χ1n) is 9.80. The molecular formula is C22H29F2N3O. The van der Waals surface area contributed by atoms with Crippen molar-refractivity contribution in [1.82, 2.24) is 15.2 Å². The molecule has 0 amide bonds. The standard InChI is InChI=1S/C22H29F2N3O/c1-15(2)26-10-4-9-25-13-22(3,28)14-27-20-7-5-16(23)11-18(20)19-12-17(24)6-8-21(19)27/h5-8,11-12,15,25-26,28H,4,9-10,13-14H2,1-3H3. The fourth-order valence-corrected chi connectivity index (χ4v) is 3.58. The molecule has 2 aromatic carbocycles. The third-order valence-corrected chi connectivity index (χ3v) is 4.88. The maximum absolute atomic E-state index is 13.8. The lowest BCUT2D eigenvalue weighted by Gasteiger charge is -2.25.